The lowest BCUT2D eigenvalue weighted by molar-refractivity contribution is -0.130. The fourth-order valence-electron chi connectivity index (χ4n) is 4.32. The van der Waals surface area contributed by atoms with Crippen molar-refractivity contribution in [2.24, 2.45) is 0 Å². The largest absolute Gasteiger partial charge is 0.469 e. The summed E-state index contributed by atoms with van der Waals surface area (Å²) in [6.45, 7) is 3.42. The Labute approximate surface area is 179 Å². The van der Waals surface area contributed by atoms with E-state index in [1.54, 1.807) is 13.0 Å². The molecule has 2 atom stereocenters. The highest BCUT2D eigenvalue weighted by atomic mass is 16.6. The number of nitrogens with one attached hydrogen (secondary N) is 2. The number of rotatable bonds is 4. The molecule has 0 saturated carbocycles. The van der Waals surface area contributed by atoms with Gasteiger partial charge in [0.05, 0.1) is 37.5 Å². The minimum atomic E-state index is -0.247. The van der Waals surface area contributed by atoms with Crippen LogP contribution in [0.5, 0.6) is 0 Å². The zero-order valence-corrected chi connectivity index (χ0v) is 17.3. The zero-order valence-electron chi connectivity index (χ0n) is 17.3. The molecule has 2 aliphatic heterocycles. The third-order valence-electron chi connectivity index (χ3n) is 6.05. The lowest BCUT2D eigenvalue weighted by Gasteiger charge is -2.19. The average molecular weight is 423 g/mol. The molecule has 2 aliphatic rings. The number of likely N-dealkylation sites (tertiary alicyclic amines) is 1. The lowest BCUT2D eigenvalue weighted by Crippen LogP contribution is -2.41. The molecule has 0 spiro atoms. The van der Waals surface area contributed by atoms with Gasteiger partial charge in [-0.2, -0.15) is 0 Å². The fourth-order valence-corrected chi connectivity index (χ4v) is 4.32. The minimum absolute atomic E-state index is 0.0605. The van der Waals surface area contributed by atoms with E-state index in [4.69, 9.17) is 13.9 Å². The summed E-state index contributed by atoms with van der Waals surface area (Å²) < 4.78 is 17.2. The molecule has 4 heterocycles. The first kappa shape index (κ1) is 19.8. The predicted octanol–water partition coefficient (Wildman–Crippen LogP) is 2.04. The second-order valence-corrected chi connectivity index (χ2v) is 8.14. The molecule has 2 amide bonds. The Hall–Kier alpha value is -3.10. The predicted molar refractivity (Wildman–Crippen MR) is 113 cm³/mol. The van der Waals surface area contributed by atoms with Crippen LogP contribution in [0.4, 0.5) is 0 Å². The van der Waals surface area contributed by atoms with E-state index in [-0.39, 0.29) is 30.1 Å². The van der Waals surface area contributed by atoms with E-state index in [0.29, 0.717) is 44.0 Å². The van der Waals surface area contributed by atoms with Crippen molar-refractivity contribution < 1.29 is 23.5 Å². The molecule has 31 heavy (non-hydrogen) atoms. The number of furan rings is 1. The van der Waals surface area contributed by atoms with Crippen molar-refractivity contribution in [3.63, 3.8) is 0 Å². The smallest absolute Gasteiger partial charge is 0.255 e. The van der Waals surface area contributed by atoms with Gasteiger partial charge < -0.3 is 29.1 Å². The Morgan fingerprint density at radius 1 is 1.13 bits per heavy atom. The number of carbonyl (C=O) groups excluding carboxylic acids is 2. The molecule has 8 nitrogen and oxygen atoms in total. The maximum absolute atomic E-state index is 12.9. The number of hydrogen-bond acceptors (Lipinski definition) is 5. The molecule has 2 aromatic heterocycles. The van der Waals surface area contributed by atoms with E-state index in [1.807, 2.05) is 35.4 Å². The number of hydrogen-bond donors (Lipinski definition) is 2. The number of ether oxygens (including phenoxy) is 2. The van der Waals surface area contributed by atoms with Gasteiger partial charge in [0.2, 0.25) is 5.91 Å². The molecule has 0 aliphatic carbocycles. The number of para-hydroxylation sites is 1. The van der Waals surface area contributed by atoms with Gasteiger partial charge in [-0.25, -0.2) is 0 Å². The number of H-pyrrole nitrogens is 1. The molecule has 3 aromatic rings. The van der Waals surface area contributed by atoms with Crippen LogP contribution in [0.25, 0.3) is 10.9 Å². The molecule has 1 aromatic carbocycles. The first-order valence-corrected chi connectivity index (χ1v) is 10.5. The number of nitrogens with zero attached hydrogens (tertiary/aromatic N) is 1. The average Bonchev–Trinajstić information content (AvgIpc) is 3.46. The number of amides is 2. The SMILES string of the molecule is Cc1occc1C(=O)NC1CO[C@H]2CN(C(=O)Cc3c[nH]c4ccccc34)C[C@@H]2OC1. The van der Waals surface area contributed by atoms with Gasteiger partial charge in [0.25, 0.3) is 5.91 Å². The summed E-state index contributed by atoms with van der Waals surface area (Å²) >= 11 is 0. The third kappa shape index (κ3) is 3.96. The number of aromatic nitrogens is 1. The van der Waals surface area contributed by atoms with Crippen LogP contribution in [0.3, 0.4) is 0 Å². The van der Waals surface area contributed by atoms with Crippen LogP contribution in [-0.4, -0.2) is 66.3 Å². The molecule has 0 bridgehead atoms. The van der Waals surface area contributed by atoms with Crippen LogP contribution in [-0.2, 0) is 20.7 Å². The van der Waals surface area contributed by atoms with Crippen molar-refractivity contribution in [2.75, 3.05) is 26.3 Å². The van der Waals surface area contributed by atoms with E-state index in [0.717, 1.165) is 16.5 Å². The summed E-state index contributed by atoms with van der Waals surface area (Å²) in [5.74, 6) is 0.436. The summed E-state index contributed by atoms with van der Waals surface area (Å²) in [7, 11) is 0. The quantitative estimate of drug-likeness (QED) is 0.669. The van der Waals surface area contributed by atoms with Crippen molar-refractivity contribution in [3.8, 4) is 0 Å². The van der Waals surface area contributed by atoms with Crippen molar-refractivity contribution in [3.05, 3.63) is 59.7 Å². The molecule has 2 N–H and O–H groups in total. The maximum atomic E-state index is 12.9. The summed E-state index contributed by atoms with van der Waals surface area (Å²) in [5, 5.41) is 4.01. The van der Waals surface area contributed by atoms with E-state index in [1.165, 1.54) is 6.26 Å². The maximum Gasteiger partial charge on any atom is 0.255 e. The van der Waals surface area contributed by atoms with Crippen LogP contribution >= 0.6 is 0 Å². The number of carbonyl (C=O) groups is 2. The molecule has 0 radical (unpaired) electrons. The standard InChI is InChI=1S/C23H25N3O5/c1-14-17(6-7-29-14)23(28)25-16-12-30-20-10-26(11-21(20)31-13-16)22(27)8-15-9-24-19-5-3-2-4-18(15)19/h2-7,9,16,20-21,24H,8,10-13H2,1H3,(H,25,28)/t20-,21-/m0/s1. The highest BCUT2D eigenvalue weighted by molar-refractivity contribution is 5.95. The first-order valence-electron chi connectivity index (χ1n) is 10.5. The highest BCUT2D eigenvalue weighted by Crippen LogP contribution is 2.23. The second-order valence-electron chi connectivity index (χ2n) is 8.14. The third-order valence-corrected chi connectivity index (χ3v) is 6.05. The van der Waals surface area contributed by atoms with Crippen molar-refractivity contribution >= 4 is 22.7 Å². The molecule has 5 rings (SSSR count). The second kappa shape index (κ2) is 8.20. The Balaban J connectivity index is 1.16. The molecule has 8 heteroatoms. The number of fused-ring (bicyclic) bond motifs is 2. The van der Waals surface area contributed by atoms with E-state index in [2.05, 4.69) is 10.3 Å². The van der Waals surface area contributed by atoms with E-state index in [9.17, 15) is 9.59 Å². The van der Waals surface area contributed by atoms with Crippen LogP contribution in [0.2, 0.25) is 0 Å². The van der Waals surface area contributed by atoms with E-state index < -0.39 is 0 Å². The van der Waals surface area contributed by atoms with Gasteiger partial charge in [-0.15, -0.1) is 0 Å². The molecular formula is C23H25N3O5. The first-order chi connectivity index (χ1) is 15.1. The van der Waals surface area contributed by atoms with Crippen molar-refractivity contribution in [1.82, 2.24) is 15.2 Å². The Bertz CT molecular complexity index is 1090. The number of benzene rings is 1. The van der Waals surface area contributed by atoms with Crippen LogP contribution in [0.1, 0.15) is 21.7 Å². The van der Waals surface area contributed by atoms with Gasteiger partial charge in [-0.3, -0.25) is 9.59 Å². The molecule has 2 saturated heterocycles. The normalized spacial score (nSPS) is 21.8. The Morgan fingerprint density at radius 3 is 2.58 bits per heavy atom. The summed E-state index contributed by atoms with van der Waals surface area (Å²) in [6, 6.07) is 9.37. The Kier molecular flexibility index (Phi) is 5.25. The van der Waals surface area contributed by atoms with Crippen molar-refractivity contribution in [2.45, 2.75) is 31.6 Å². The van der Waals surface area contributed by atoms with Crippen LogP contribution in [0, 0.1) is 6.92 Å². The Morgan fingerprint density at radius 2 is 1.87 bits per heavy atom. The van der Waals surface area contributed by atoms with Gasteiger partial charge in [-0.05, 0) is 24.6 Å². The van der Waals surface area contributed by atoms with Gasteiger partial charge in [0.1, 0.15) is 18.0 Å². The van der Waals surface area contributed by atoms with Crippen molar-refractivity contribution in [1.29, 1.82) is 0 Å². The molecule has 2 fully saturated rings. The number of aromatic amines is 1. The summed E-state index contributed by atoms with van der Waals surface area (Å²) in [6.07, 6.45) is 3.36. The highest BCUT2D eigenvalue weighted by Gasteiger charge is 2.39. The van der Waals surface area contributed by atoms with Gasteiger partial charge in [-0.1, -0.05) is 18.2 Å². The summed E-state index contributed by atoms with van der Waals surface area (Å²) in [5.41, 5.74) is 2.53. The minimum Gasteiger partial charge on any atom is -0.469 e. The molecule has 0 unspecified atom stereocenters. The monoisotopic (exact) mass is 423 g/mol. The fraction of sp³-hybridized carbons (Fsp3) is 0.391. The van der Waals surface area contributed by atoms with E-state index >= 15 is 0 Å². The van der Waals surface area contributed by atoms with Gasteiger partial charge in [0, 0.05) is 30.2 Å². The molecular weight excluding hydrogens is 398 g/mol. The van der Waals surface area contributed by atoms with Gasteiger partial charge in [0.15, 0.2) is 0 Å². The lowest BCUT2D eigenvalue weighted by atomic mass is 10.1. The van der Waals surface area contributed by atoms with Crippen LogP contribution in [0.15, 0.2) is 47.2 Å². The zero-order chi connectivity index (χ0) is 21.4. The molecule has 162 valence electrons. The van der Waals surface area contributed by atoms with Crippen LogP contribution < -0.4 is 5.32 Å². The number of aryl methyl sites for hydroxylation is 1. The topological polar surface area (TPSA) is 96.8 Å². The summed E-state index contributed by atoms with van der Waals surface area (Å²) in [4.78, 5) is 30.3. The van der Waals surface area contributed by atoms with Gasteiger partial charge >= 0.3 is 0 Å².